The number of amides is 1. The van der Waals surface area contributed by atoms with Gasteiger partial charge in [0.05, 0.1) is 6.54 Å². The highest BCUT2D eigenvalue weighted by atomic mass is 35.5. The molecule has 7 heteroatoms. The summed E-state index contributed by atoms with van der Waals surface area (Å²) in [4.78, 5) is 18.6. The molecule has 1 atom stereocenters. The summed E-state index contributed by atoms with van der Waals surface area (Å²) >= 11 is 5.97. The van der Waals surface area contributed by atoms with Crippen LogP contribution in [-0.4, -0.2) is 34.1 Å². The molecule has 1 heterocycles. The molecule has 0 aliphatic rings. The maximum absolute atomic E-state index is 12.7. The van der Waals surface area contributed by atoms with Crippen molar-refractivity contribution in [2.75, 3.05) is 7.05 Å². The second kappa shape index (κ2) is 8.68. The zero-order chi connectivity index (χ0) is 19.2. The van der Waals surface area contributed by atoms with Crippen LogP contribution in [0.15, 0.2) is 59.1 Å². The van der Waals surface area contributed by atoms with Gasteiger partial charge in [-0.25, -0.2) is 0 Å². The molecule has 0 spiro atoms. The highest BCUT2D eigenvalue weighted by Gasteiger charge is 2.24. The highest BCUT2D eigenvalue weighted by Crippen LogP contribution is 2.20. The number of hydrogen-bond acceptors (Lipinski definition) is 5. The summed E-state index contributed by atoms with van der Waals surface area (Å²) in [6, 6.07) is 16.5. The first kappa shape index (κ1) is 18.9. The molecule has 0 bridgehead atoms. The van der Waals surface area contributed by atoms with E-state index in [1.54, 1.807) is 31.3 Å². The van der Waals surface area contributed by atoms with Crippen LogP contribution < -0.4 is 4.74 Å². The third-order valence-corrected chi connectivity index (χ3v) is 4.20. The molecule has 140 valence electrons. The van der Waals surface area contributed by atoms with Crippen molar-refractivity contribution in [1.82, 2.24) is 15.0 Å². The van der Waals surface area contributed by atoms with E-state index in [-0.39, 0.29) is 12.5 Å². The predicted molar refractivity (Wildman–Crippen MR) is 102 cm³/mol. The van der Waals surface area contributed by atoms with Gasteiger partial charge in [0.1, 0.15) is 5.75 Å². The molecule has 1 aromatic heterocycles. The Labute approximate surface area is 162 Å². The standard InChI is InChI=1S/C20H20ClN3O3/c1-3-17(26-16-11-7-10-15(21)12-16)20(25)24(2)13-18-22-19(23-27-18)14-8-5-4-6-9-14/h4-12,17H,3,13H2,1-2H3/t17-/m0/s1. The van der Waals surface area contributed by atoms with Gasteiger partial charge in [-0.05, 0) is 24.6 Å². The number of carbonyl (C=O) groups is 1. The lowest BCUT2D eigenvalue weighted by Gasteiger charge is -2.22. The molecule has 3 aromatic rings. The van der Waals surface area contributed by atoms with Crippen LogP contribution in [0.5, 0.6) is 5.75 Å². The van der Waals surface area contributed by atoms with Gasteiger partial charge in [-0.1, -0.05) is 60.1 Å². The monoisotopic (exact) mass is 385 g/mol. The average Bonchev–Trinajstić information content (AvgIpc) is 3.15. The van der Waals surface area contributed by atoms with Crippen LogP contribution in [0.3, 0.4) is 0 Å². The molecule has 0 aliphatic carbocycles. The third-order valence-electron chi connectivity index (χ3n) is 3.97. The summed E-state index contributed by atoms with van der Waals surface area (Å²) in [5.41, 5.74) is 0.859. The Bertz CT molecular complexity index is 898. The van der Waals surface area contributed by atoms with Crippen LogP contribution >= 0.6 is 11.6 Å². The third kappa shape index (κ3) is 4.86. The van der Waals surface area contributed by atoms with Crippen molar-refractivity contribution in [2.24, 2.45) is 0 Å². The van der Waals surface area contributed by atoms with Gasteiger partial charge in [0.15, 0.2) is 6.10 Å². The second-order valence-corrected chi connectivity index (χ2v) is 6.48. The summed E-state index contributed by atoms with van der Waals surface area (Å²) in [5, 5.41) is 4.53. The first-order valence-electron chi connectivity index (χ1n) is 8.62. The van der Waals surface area contributed by atoms with Crippen molar-refractivity contribution in [3.63, 3.8) is 0 Å². The number of aromatic nitrogens is 2. The van der Waals surface area contributed by atoms with Gasteiger partial charge in [0, 0.05) is 17.6 Å². The number of benzene rings is 2. The molecule has 0 saturated carbocycles. The summed E-state index contributed by atoms with van der Waals surface area (Å²) in [6.07, 6.45) is -0.0978. The molecule has 0 fully saturated rings. The Hall–Kier alpha value is -2.86. The van der Waals surface area contributed by atoms with Crippen molar-refractivity contribution < 1.29 is 14.1 Å². The van der Waals surface area contributed by atoms with Gasteiger partial charge in [-0.3, -0.25) is 4.79 Å². The predicted octanol–water partition coefficient (Wildman–Crippen LogP) is 4.21. The number of carbonyl (C=O) groups excluding carboxylic acids is 1. The van der Waals surface area contributed by atoms with E-state index in [4.69, 9.17) is 20.9 Å². The first-order chi connectivity index (χ1) is 13.1. The largest absolute Gasteiger partial charge is 0.481 e. The second-order valence-electron chi connectivity index (χ2n) is 6.04. The summed E-state index contributed by atoms with van der Waals surface area (Å²) in [7, 11) is 1.68. The molecule has 6 nitrogen and oxygen atoms in total. The maximum Gasteiger partial charge on any atom is 0.263 e. The van der Waals surface area contributed by atoms with Crippen LogP contribution in [0.1, 0.15) is 19.2 Å². The van der Waals surface area contributed by atoms with Crippen molar-refractivity contribution in [3.05, 3.63) is 65.5 Å². The normalized spacial score (nSPS) is 11.8. The van der Waals surface area contributed by atoms with Crippen molar-refractivity contribution in [1.29, 1.82) is 0 Å². The number of hydrogen-bond donors (Lipinski definition) is 0. The zero-order valence-corrected chi connectivity index (χ0v) is 15.9. The molecule has 1 amide bonds. The summed E-state index contributed by atoms with van der Waals surface area (Å²) in [5.74, 6) is 1.24. The summed E-state index contributed by atoms with van der Waals surface area (Å²) in [6.45, 7) is 2.09. The molecule has 3 rings (SSSR count). The number of rotatable bonds is 7. The minimum Gasteiger partial charge on any atom is -0.481 e. The first-order valence-corrected chi connectivity index (χ1v) is 9.00. The molecule has 0 unspecified atom stereocenters. The Morgan fingerprint density at radius 2 is 2.00 bits per heavy atom. The molecule has 0 radical (unpaired) electrons. The number of likely N-dealkylation sites (N-methyl/N-ethyl adjacent to an activating group) is 1. The van der Waals surface area contributed by atoms with E-state index in [0.717, 1.165) is 5.56 Å². The smallest absolute Gasteiger partial charge is 0.263 e. The van der Waals surface area contributed by atoms with Gasteiger partial charge >= 0.3 is 0 Å². The van der Waals surface area contributed by atoms with Crippen LogP contribution in [0.4, 0.5) is 0 Å². The van der Waals surface area contributed by atoms with Crippen molar-refractivity contribution in [3.8, 4) is 17.1 Å². The summed E-state index contributed by atoms with van der Waals surface area (Å²) < 4.78 is 11.1. The lowest BCUT2D eigenvalue weighted by atomic mass is 10.2. The average molecular weight is 386 g/mol. The van der Waals surface area contributed by atoms with Crippen molar-refractivity contribution in [2.45, 2.75) is 26.0 Å². The van der Waals surface area contributed by atoms with E-state index in [1.807, 2.05) is 37.3 Å². The molecule has 0 saturated heterocycles. The Morgan fingerprint density at radius 1 is 1.22 bits per heavy atom. The fraction of sp³-hybridized carbons (Fsp3) is 0.250. The van der Waals surface area contributed by atoms with Gasteiger partial charge in [-0.15, -0.1) is 0 Å². The zero-order valence-electron chi connectivity index (χ0n) is 15.1. The van der Waals surface area contributed by atoms with Gasteiger partial charge in [0.2, 0.25) is 11.7 Å². The minimum atomic E-state index is -0.620. The van der Waals surface area contributed by atoms with E-state index in [1.165, 1.54) is 4.90 Å². The lowest BCUT2D eigenvalue weighted by molar-refractivity contribution is -0.138. The van der Waals surface area contributed by atoms with E-state index in [0.29, 0.717) is 28.9 Å². The lowest BCUT2D eigenvalue weighted by Crippen LogP contribution is -2.39. The number of nitrogens with zero attached hydrogens (tertiary/aromatic N) is 3. The van der Waals surface area contributed by atoms with E-state index >= 15 is 0 Å². The van der Waals surface area contributed by atoms with Gasteiger partial charge in [0.25, 0.3) is 5.91 Å². The minimum absolute atomic E-state index is 0.170. The SMILES string of the molecule is CC[C@H](Oc1cccc(Cl)c1)C(=O)N(C)Cc1nc(-c2ccccc2)no1. The molecular formula is C20H20ClN3O3. The molecular weight excluding hydrogens is 366 g/mol. The van der Waals surface area contributed by atoms with Crippen LogP contribution in [-0.2, 0) is 11.3 Å². The molecule has 0 N–H and O–H groups in total. The highest BCUT2D eigenvalue weighted by molar-refractivity contribution is 6.30. The number of halogens is 1. The van der Waals surface area contributed by atoms with Crippen LogP contribution in [0, 0.1) is 0 Å². The van der Waals surface area contributed by atoms with E-state index in [9.17, 15) is 4.79 Å². The topological polar surface area (TPSA) is 68.5 Å². The quantitative estimate of drug-likeness (QED) is 0.609. The fourth-order valence-corrected chi connectivity index (χ4v) is 2.74. The number of ether oxygens (including phenoxy) is 1. The Balaban J connectivity index is 1.65. The Kier molecular flexibility index (Phi) is 6.08. The van der Waals surface area contributed by atoms with E-state index < -0.39 is 6.10 Å². The maximum atomic E-state index is 12.7. The molecule has 0 aliphatic heterocycles. The molecule has 2 aromatic carbocycles. The van der Waals surface area contributed by atoms with Gasteiger partial charge in [-0.2, -0.15) is 4.98 Å². The van der Waals surface area contributed by atoms with E-state index in [2.05, 4.69) is 10.1 Å². The Morgan fingerprint density at radius 3 is 2.70 bits per heavy atom. The molecule has 27 heavy (non-hydrogen) atoms. The van der Waals surface area contributed by atoms with Gasteiger partial charge < -0.3 is 14.2 Å². The van der Waals surface area contributed by atoms with Crippen LogP contribution in [0.25, 0.3) is 11.4 Å². The van der Waals surface area contributed by atoms with Crippen molar-refractivity contribution >= 4 is 17.5 Å². The van der Waals surface area contributed by atoms with Crippen LogP contribution in [0.2, 0.25) is 5.02 Å². The fourth-order valence-electron chi connectivity index (χ4n) is 2.56.